The van der Waals surface area contributed by atoms with Crippen LogP contribution in [0, 0.1) is 0 Å². The molecule has 0 aliphatic rings. The monoisotopic (exact) mass is 695 g/mol. The summed E-state index contributed by atoms with van der Waals surface area (Å²) >= 11 is 0. The van der Waals surface area contributed by atoms with Crippen LogP contribution in [0.2, 0.25) is 0 Å². The van der Waals surface area contributed by atoms with Crippen molar-refractivity contribution in [3.8, 4) is 11.8 Å². The van der Waals surface area contributed by atoms with Gasteiger partial charge in [-0.2, -0.15) is 9.97 Å². The van der Waals surface area contributed by atoms with Crippen LogP contribution in [0.4, 0.5) is 5.82 Å². The van der Waals surface area contributed by atoms with E-state index in [-0.39, 0.29) is 49.4 Å². The highest BCUT2D eigenvalue weighted by atomic mass is 31.2. The topological polar surface area (TPSA) is 220 Å². The minimum atomic E-state index is -3.91. The molecule has 0 aliphatic heterocycles. The molecule has 0 bridgehead atoms. The van der Waals surface area contributed by atoms with E-state index in [9.17, 15) is 18.9 Å². The zero-order valence-corrected chi connectivity index (χ0v) is 29.2. The molecule has 1 aromatic carbocycles. The van der Waals surface area contributed by atoms with Gasteiger partial charge in [-0.25, -0.2) is 15.0 Å². The van der Waals surface area contributed by atoms with E-state index in [1.165, 1.54) is 25.5 Å². The SMILES string of the molecule is COCCOc1nc(N)c2[nH]c(=O)n(C[C@@H](COc3ccccc3)OCP(=O)(N[C@@H](C)C(=O)OC(C)C)N[C@@H](C)C(=O)OC(C)C)c2n1. The Morgan fingerprint density at radius 2 is 1.54 bits per heavy atom. The number of nitrogen functional groups attached to an aromatic ring is 1. The molecular weight excluding hydrogens is 649 g/mol. The molecule has 3 rings (SSSR count). The van der Waals surface area contributed by atoms with Gasteiger partial charge >= 0.3 is 23.6 Å². The van der Waals surface area contributed by atoms with E-state index in [0.717, 1.165) is 0 Å². The fourth-order valence-electron chi connectivity index (χ4n) is 4.27. The third-order valence-corrected chi connectivity index (χ3v) is 8.54. The van der Waals surface area contributed by atoms with Gasteiger partial charge in [-0.05, 0) is 53.7 Å². The van der Waals surface area contributed by atoms with Gasteiger partial charge in [0.1, 0.15) is 49.0 Å². The second-order valence-electron chi connectivity index (χ2n) is 11.4. The number of nitrogens with two attached hydrogens (primary N) is 1. The van der Waals surface area contributed by atoms with E-state index in [1.54, 1.807) is 52.0 Å². The third kappa shape index (κ3) is 11.6. The number of nitrogens with one attached hydrogen (secondary N) is 3. The molecular formula is C30H46N7O10P. The number of hydrogen-bond acceptors (Lipinski definition) is 13. The first-order valence-corrected chi connectivity index (χ1v) is 17.3. The number of fused-ring (bicyclic) bond motifs is 1. The van der Waals surface area contributed by atoms with Crippen LogP contribution in [0.5, 0.6) is 11.8 Å². The van der Waals surface area contributed by atoms with Crippen LogP contribution < -0.4 is 31.1 Å². The number of H-pyrrole nitrogens is 1. The minimum absolute atomic E-state index is 0.0104. The number of aromatic nitrogens is 4. The average molecular weight is 696 g/mol. The van der Waals surface area contributed by atoms with Gasteiger partial charge in [0.15, 0.2) is 11.5 Å². The molecule has 0 saturated carbocycles. The molecule has 3 aromatic rings. The maximum absolute atomic E-state index is 14.3. The summed E-state index contributed by atoms with van der Waals surface area (Å²) in [5.74, 6) is -0.796. The Hall–Kier alpha value is -4.02. The van der Waals surface area contributed by atoms with Crippen molar-refractivity contribution in [3.05, 3.63) is 40.8 Å². The molecule has 0 spiro atoms. The van der Waals surface area contributed by atoms with Crippen molar-refractivity contribution in [2.75, 3.05) is 39.0 Å². The highest BCUT2D eigenvalue weighted by Crippen LogP contribution is 2.38. The molecule has 17 nitrogen and oxygen atoms in total. The minimum Gasteiger partial charge on any atom is -0.491 e. The van der Waals surface area contributed by atoms with Crippen molar-refractivity contribution >= 4 is 36.4 Å². The Kier molecular flexibility index (Phi) is 14.4. The molecule has 0 aliphatic carbocycles. The van der Waals surface area contributed by atoms with Crippen LogP contribution in [-0.4, -0.2) is 95.1 Å². The first-order chi connectivity index (χ1) is 22.7. The van der Waals surface area contributed by atoms with Gasteiger partial charge in [0, 0.05) is 7.11 Å². The highest BCUT2D eigenvalue weighted by Gasteiger charge is 2.34. The first-order valence-electron chi connectivity index (χ1n) is 15.4. The van der Waals surface area contributed by atoms with Crippen LogP contribution in [0.25, 0.3) is 11.2 Å². The molecule has 0 radical (unpaired) electrons. The van der Waals surface area contributed by atoms with Gasteiger partial charge in [0.2, 0.25) is 7.44 Å². The van der Waals surface area contributed by atoms with Crippen molar-refractivity contribution in [2.45, 2.75) is 78.5 Å². The number of hydrogen-bond donors (Lipinski definition) is 4. The lowest BCUT2D eigenvalue weighted by atomic mass is 10.3. The fraction of sp³-hybridized carbons (Fsp3) is 0.567. The number of aromatic amines is 1. The summed E-state index contributed by atoms with van der Waals surface area (Å²) in [4.78, 5) is 49.5. The van der Waals surface area contributed by atoms with Crippen LogP contribution in [-0.2, 0) is 39.6 Å². The van der Waals surface area contributed by atoms with Gasteiger partial charge in [-0.1, -0.05) is 18.2 Å². The van der Waals surface area contributed by atoms with Gasteiger partial charge in [0.05, 0.1) is 25.4 Å². The molecule has 48 heavy (non-hydrogen) atoms. The smallest absolute Gasteiger partial charge is 0.327 e. The van der Waals surface area contributed by atoms with Crippen molar-refractivity contribution in [2.24, 2.45) is 0 Å². The lowest BCUT2D eigenvalue weighted by Crippen LogP contribution is -2.44. The summed E-state index contributed by atoms with van der Waals surface area (Å²) in [6, 6.07) is 6.73. The summed E-state index contributed by atoms with van der Waals surface area (Å²) in [7, 11) is -2.39. The van der Waals surface area contributed by atoms with Crippen LogP contribution in [0.3, 0.4) is 0 Å². The Morgan fingerprint density at radius 1 is 0.938 bits per heavy atom. The molecule has 5 N–H and O–H groups in total. The summed E-state index contributed by atoms with van der Waals surface area (Å²) in [5.41, 5.74) is 5.86. The van der Waals surface area contributed by atoms with E-state index >= 15 is 0 Å². The molecule has 2 aromatic heterocycles. The van der Waals surface area contributed by atoms with E-state index in [0.29, 0.717) is 5.75 Å². The number of esters is 2. The van der Waals surface area contributed by atoms with E-state index in [4.69, 9.17) is 34.2 Å². The van der Waals surface area contributed by atoms with Crippen molar-refractivity contribution in [3.63, 3.8) is 0 Å². The zero-order chi connectivity index (χ0) is 35.4. The van der Waals surface area contributed by atoms with E-state index < -0.39 is 61.8 Å². The van der Waals surface area contributed by atoms with Crippen LogP contribution in [0.1, 0.15) is 41.5 Å². The molecule has 0 saturated heterocycles. The third-order valence-electron chi connectivity index (χ3n) is 6.42. The van der Waals surface area contributed by atoms with Crippen molar-refractivity contribution in [1.82, 2.24) is 29.7 Å². The highest BCUT2D eigenvalue weighted by molar-refractivity contribution is 7.59. The van der Waals surface area contributed by atoms with Crippen LogP contribution >= 0.6 is 7.44 Å². The number of methoxy groups -OCH3 is 1. The Labute approximate surface area is 278 Å². The first kappa shape index (κ1) is 38.4. The number of carbonyl (C=O) groups is 2. The molecule has 0 fully saturated rings. The summed E-state index contributed by atoms with van der Waals surface area (Å²) in [5, 5.41) is 5.53. The molecule has 266 valence electrons. The summed E-state index contributed by atoms with van der Waals surface area (Å²) in [6.07, 6.45) is -2.29. The van der Waals surface area contributed by atoms with Gasteiger partial charge in [-0.15, -0.1) is 0 Å². The molecule has 3 atom stereocenters. The maximum Gasteiger partial charge on any atom is 0.327 e. The lowest BCUT2D eigenvalue weighted by Gasteiger charge is -2.28. The second-order valence-corrected chi connectivity index (χ2v) is 13.7. The summed E-state index contributed by atoms with van der Waals surface area (Å²) < 4.78 is 48.8. The van der Waals surface area contributed by atoms with E-state index in [2.05, 4.69) is 25.1 Å². The van der Waals surface area contributed by atoms with E-state index in [1.807, 2.05) is 6.07 Å². The van der Waals surface area contributed by atoms with Crippen molar-refractivity contribution < 1.29 is 42.6 Å². The number of para-hydroxylation sites is 1. The number of nitrogens with zero attached hydrogens (tertiary/aromatic N) is 3. The Balaban J connectivity index is 1.93. The van der Waals surface area contributed by atoms with Gasteiger partial charge in [-0.3, -0.25) is 18.7 Å². The Bertz CT molecular complexity index is 1560. The van der Waals surface area contributed by atoms with Gasteiger partial charge < -0.3 is 39.1 Å². The largest absolute Gasteiger partial charge is 0.491 e. The standard InChI is InChI=1S/C30H46N7O10P/c1-18(2)46-27(38)20(5)35-48(41,36-21(6)28(39)47-19(3)4)17-45-23(16-44-22-11-9-8-10-12-22)15-37-26-24(32-30(37)40)25(31)33-29(34-26)43-14-13-42-7/h8-12,18-21,23H,13-17H2,1-7H3,(H,32,40)(H2,31,33,34)(H2,35,36,41)/t20-,21-,23-/m0/s1. The molecule has 0 amide bonds. The average Bonchev–Trinajstić information content (AvgIpc) is 3.33. The van der Waals surface area contributed by atoms with Crippen LogP contribution in [0.15, 0.2) is 35.1 Å². The predicted octanol–water partition coefficient (Wildman–Crippen LogP) is 2.20. The number of imidazole rings is 1. The normalized spacial score (nSPS) is 13.8. The molecule has 2 heterocycles. The quantitative estimate of drug-likeness (QED) is 0.0756. The predicted molar refractivity (Wildman–Crippen MR) is 177 cm³/mol. The maximum atomic E-state index is 14.3. The lowest BCUT2D eigenvalue weighted by molar-refractivity contribution is -0.149. The number of ether oxygens (including phenoxy) is 6. The fourth-order valence-corrected chi connectivity index (χ4v) is 6.37. The number of benzene rings is 1. The van der Waals surface area contributed by atoms with Gasteiger partial charge in [0.25, 0.3) is 0 Å². The molecule has 18 heteroatoms. The zero-order valence-electron chi connectivity index (χ0n) is 28.3. The number of carbonyl (C=O) groups excluding carboxylic acids is 2. The molecule has 0 unspecified atom stereocenters. The second kappa shape index (κ2) is 17.9. The Morgan fingerprint density at radius 3 is 2.10 bits per heavy atom. The number of anilines is 1. The van der Waals surface area contributed by atoms with Crippen molar-refractivity contribution in [1.29, 1.82) is 0 Å². The number of rotatable bonds is 20. The summed E-state index contributed by atoms with van der Waals surface area (Å²) in [6.45, 7) is 9.89.